The van der Waals surface area contributed by atoms with E-state index in [1.165, 1.54) is 11.9 Å². The zero-order valence-electron chi connectivity index (χ0n) is 17.9. The number of fused-ring (bicyclic) bond motifs is 1. The SMILES string of the molecule is COc1ccccc1[C@@H]1C[C@H](c2ccc(C)cc2)N(C(=O)CC(C)C)c2ncnn21. The van der Waals surface area contributed by atoms with E-state index < -0.39 is 0 Å². The fraction of sp³-hybridized carbons (Fsp3) is 0.375. The molecule has 0 spiro atoms. The number of carbonyl (C=O) groups is 1. The van der Waals surface area contributed by atoms with Crippen LogP contribution in [-0.2, 0) is 4.79 Å². The van der Waals surface area contributed by atoms with E-state index in [0.29, 0.717) is 18.8 Å². The number of carbonyl (C=O) groups excluding carboxylic acids is 1. The van der Waals surface area contributed by atoms with E-state index in [1.807, 2.05) is 27.8 Å². The number of para-hydroxylation sites is 1. The van der Waals surface area contributed by atoms with Gasteiger partial charge in [-0.15, -0.1) is 0 Å². The van der Waals surface area contributed by atoms with Gasteiger partial charge < -0.3 is 4.74 Å². The number of anilines is 1. The molecule has 2 aromatic carbocycles. The number of benzene rings is 2. The lowest BCUT2D eigenvalue weighted by Gasteiger charge is -2.39. The summed E-state index contributed by atoms with van der Waals surface area (Å²) in [4.78, 5) is 19.7. The molecule has 30 heavy (non-hydrogen) atoms. The Morgan fingerprint density at radius 1 is 1.13 bits per heavy atom. The van der Waals surface area contributed by atoms with E-state index in [4.69, 9.17) is 4.74 Å². The Hall–Kier alpha value is -3.15. The van der Waals surface area contributed by atoms with Crippen LogP contribution in [0.3, 0.4) is 0 Å². The van der Waals surface area contributed by atoms with Crippen molar-refractivity contribution in [1.29, 1.82) is 0 Å². The molecule has 2 atom stereocenters. The van der Waals surface area contributed by atoms with Gasteiger partial charge in [0.2, 0.25) is 11.9 Å². The first-order chi connectivity index (χ1) is 14.5. The van der Waals surface area contributed by atoms with Crippen LogP contribution in [0.5, 0.6) is 5.75 Å². The Labute approximate surface area is 177 Å². The van der Waals surface area contributed by atoms with E-state index in [1.54, 1.807) is 7.11 Å². The van der Waals surface area contributed by atoms with Crippen LogP contribution in [0.15, 0.2) is 54.9 Å². The Kier molecular flexibility index (Phi) is 5.57. The Bertz CT molecular complexity index is 1030. The molecule has 6 heteroatoms. The van der Waals surface area contributed by atoms with Crippen molar-refractivity contribution in [3.05, 3.63) is 71.5 Å². The topological polar surface area (TPSA) is 60.2 Å². The second kappa shape index (κ2) is 8.30. The summed E-state index contributed by atoms with van der Waals surface area (Å²) in [5.74, 6) is 1.74. The molecular weight excluding hydrogens is 376 g/mol. The monoisotopic (exact) mass is 404 g/mol. The van der Waals surface area contributed by atoms with Gasteiger partial charge in [0.1, 0.15) is 12.1 Å². The second-order valence-electron chi connectivity index (χ2n) is 8.29. The number of amides is 1. The highest BCUT2D eigenvalue weighted by atomic mass is 16.5. The average molecular weight is 405 g/mol. The first kappa shape index (κ1) is 20.1. The third-order valence-corrected chi connectivity index (χ3v) is 5.63. The molecule has 0 saturated heterocycles. The number of rotatable bonds is 5. The number of nitrogens with zero attached hydrogens (tertiary/aromatic N) is 4. The number of hydrogen-bond donors (Lipinski definition) is 0. The van der Waals surface area contributed by atoms with Crippen LogP contribution in [0.25, 0.3) is 0 Å². The zero-order valence-corrected chi connectivity index (χ0v) is 17.9. The summed E-state index contributed by atoms with van der Waals surface area (Å²) in [7, 11) is 1.68. The third kappa shape index (κ3) is 3.70. The van der Waals surface area contributed by atoms with Crippen LogP contribution in [0, 0.1) is 12.8 Å². The lowest BCUT2D eigenvalue weighted by Crippen LogP contribution is -2.43. The molecule has 0 radical (unpaired) electrons. The fourth-order valence-electron chi connectivity index (χ4n) is 4.20. The summed E-state index contributed by atoms with van der Waals surface area (Å²) in [5.41, 5.74) is 3.34. The second-order valence-corrected chi connectivity index (χ2v) is 8.29. The van der Waals surface area contributed by atoms with Crippen LogP contribution in [0.2, 0.25) is 0 Å². The molecule has 0 saturated carbocycles. The highest BCUT2D eigenvalue weighted by Crippen LogP contribution is 2.44. The molecule has 3 aromatic rings. The maximum absolute atomic E-state index is 13.3. The highest BCUT2D eigenvalue weighted by Gasteiger charge is 2.40. The van der Waals surface area contributed by atoms with E-state index in [0.717, 1.165) is 16.9 Å². The van der Waals surface area contributed by atoms with Crippen molar-refractivity contribution in [2.75, 3.05) is 12.0 Å². The van der Waals surface area contributed by atoms with Gasteiger partial charge in [0.25, 0.3) is 0 Å². The summed E-state index contributed by atoms with van der Waals surface area (Å²) in [5, 5.41) is 4.50. The zero-order chi connectivity index (χ0) is 21.3. The minimum atomic E-state index is -0.122. The Morgan fingerprint density at radius 2 is 1.87 bits per heavy atom. The van der Waals surface area contributed by atoms with Gasteiger partial charge >= 0.3 is 0 Å². The molecule has 6 nitrogen and oxygen atoms in total. The van der Waals surface area contributed by atoms with Gasteiger partial charge in [0.15, 0.2) is 0 Å². The van der Waals surface area contributed by atoms with E-state index in [-0.39, 0.29) is 23.9 Å². The predicted octanol–water partition coefficient (Wildman–Crippen LogP) is 4.71. The van der Waals surface area contributed by atoms with Gasteiger partial charge in [0, 0.05) is 12.0 Å². The quantitative estimate of drug-likeness (QED) is 0.618. The van der Waals surface area contributed by atoms with Crippen LogP contribution in [-0.4, -0.2) is 27.8 Å². The highest BCUT2D eigenvalue weighted by molar-refractivity contribution is 5.93. The molecule has 0 unspecified atom stereocenters. The Morgan fingerprint density at radius 3 is 2.57 bits per heavy atom. The predicted molar refractivity (Wildman–Crippen MR) is 117 cm³/mol. The van der Waals surface area contributed by atoms with Crippen molar-refractivity contribution >= 4 is 11.9 Å². The lowest BCUT2D eigenvalue weighted by atomic mass is 9.90. The standard InChI is InChI=1S/C24H28N4O2/c1-16(2)13-23(29)27-20(18-11-9-17(3)10-12-18)14-21(28-24(27)25-15-26-28)19-7-5-6-8-22(19)30-4/h5-12,15-16,20-21H,13-14H2,1-4H3/t20-,21+/m1/s1. The van der Waals surface area contributed by atoms with Gasteiger partial charge in [-0.2, -0.15) is 10.1 Å². The molecule has 1 aliphatic heterocycles. The Balaban J connectivity index is 1.84. The fourth-order valence-corrected chi connectivity index (χ4v) is 4.20. The van der Waals surface area contributed by atoms with Crippen LogP contribution < -0.4 is 9.64 Å². The van der Waals surface area contributed by atoms with Crippen LogP contribution in [0.4, 0.5) is 5.95 Å². The molecule has 156 valence electrons. The molecule has 0 aliphatic carbocycles. The van der Waals surface area contributed by atoms with Crippen molar-refractivity contribution in [3.63, 3.8) is 0 Å². The van der Waals surface area contributed by atoms with Crippen LogP contribution in [0.1, 0.15) is 55.5 Å². The number of ether oxygens (including phenoxy) is 1. The van der Waals surface area contributed by atoms with E-state index in [9.17, 15) is 4.79 Å². The van der Waals surface area contributed by atoms with Crippen LogP contribution >= 0.6 is 0 Å². The molecule has 1 aliphatic rings. The number of aryl methyl sites for hydroxylation is 1. The van der Waals surface area contributed by atoms with Crippen molar-refractivity contribution in [1.82, 2.24) is 14.8 Å². The smallest absolute Gasteiger partial charge is 0.231 e. The van der Waals surface area contributed by atoms with Gasteiger partial charge in [-0.25, -0.2) is 4.68 Å². The first-order valence-corrected chi connectivity index (χ1v) is 10.4. The molecule has 2 heterocycles. The van der Waals surface area contributed by atoms with Crippen molar-refractivity contribution < 1.29 is 9.53 Å². The lowest BCUT2D eigenvalue weighted by molar-refractivity contribution is -0.120. The molecule has 4 rings (SSSR count). The van der Waals surface area contributed by atoms with Gasteiger partial charge in [0.05, 0.1) is 19.2 Å². The largest absolute Gasteiger partial charge is 0.496 e. The summed E-state index contributed by atoms with van der Waals surface area (Å²) in [6, 6.07) is 16.2. The minimum Gasteiger partial charge on any atom is -0.496 e. The molecule has 1 aromatic heterocycles. The summed E-state index contributed by atoms with van der Waals surface area (Å²) in [6.07, 6.45) is 2.70. The normalized spacial score (nSPS) is 18.4. The van der Waals surface area contributed by atoms with Crippen molar-refractivity contribution in [2.24, 2.45) is 5.92 Å². The third-order valence-electron chi connectivity index (χ3n) is 5.63. The first-order valence-electron chi connectivity index (χ1n) is 10.4. The average Bonchev–Trinajstić information content (AvgIpc) is 3.22. The minimum absolute atomic E-state index is 0.0725. The number of methoxy groups -OCH3 is 1. The van der Waals surface area contributed by atoms with Crippen molar-refractivity contribution in [2.45, 2.75) is 45.7 Å². The van der Waals surface area contributed by atoms with Gasteiger partial charge in [-0.05, 0) is 30.9 Å². The number of hydrogen-bond acceptors (Lipinski definition) is 4. The van der Waals surface area contributed by atoms with Gasteiger partial charge in [-0.3, -0.25) is 9.69 Å². The van der Waals surface area contributed by atoms with E-state index >= 15 is 0 Å². The molecular formula is C24H28N4O2. The maximum Gasteiger partial charge on any atom is 0.231 e. The number of aromatic nitrogens is 3. The van der Waals surface area contributed by atoms with Crippen molar-refractivity contribution in [3.8, 4) is 5.75 Å². The molecule has 0 bridgehead atoms. The molecule has 1 amide bonds. The van der Waals surface area contributed by atoms with E-state index in [2.05, 4.69) is 61.2 Å². The molecule has 0 fully saturated rings. The summed E-state index contributed by atoms with van der Waals surface area (Å²) < 4.78 is 7.49. The molecule has 0 N–H and O–H groups in total. The van der Waals surface area contributed by atoms with Gasteiger partial charge in [-0.1, -0.05) is 61.9 Å². The maximum atomic E-state index is 13.3. The summed E-state index contributed by atoms with van der Waals surface area (Å²) >= 11 is 0. The summed E-state index contributed by atoms with van der Waals surface area (Å²) in [6.45, 7) is 6.19.